The fraction of sp³-hybridized carbons (Fsp3) is 0.833. The van der Waals surface area contributed by atoms with Crippen LogP contribution in [0.2, 0.25) is 0 Å². The summed E-state index contributed by atoms with van der Waals surface area (Å²) in [5.74, 6) is -0.282. The van der Waals surface area contributed by atoms with Crippen LogP contribution in [0.5, 0.6) is 0 Å². The van der Waals surface area contributed by atoms with Crippen LogP contribution < -0.4 is 0 Å². The lowest BCUT2D eigenvalue weighted by molar-refractivity contribution is -0.148. The Morgan fingerprint density at radius 3 is 2.88 bits per heavy atom. The van der Waals surface area contributed by atoms with Crippen LogP contribution >= 0.6 is 0 Å². The summed E-state index contributed by atoms with van der Waals surface area (Å²) in [6, 6.07) is -0.496. The van der Waals surface area contributed by atoms with Crippen molar-refractivity contribution in [2.45, 2.75) is 58.1 Å². The van der Waals surface area contributed by atoms with Gasteiger partial charge in [-0.2, -0.15) is 0 Å². The minimum atomic E-state index is -0.512. The molecule has 0 aliphatic carbocycles. The molecule has 0 saturated carbocycles. The molecular formula is C12H21NO3. The van der Waals surface area contributed by atoms with Gasteiger partial charge in [0.25, 0.3) is 0 Å². The van der Waals surface area contributed by atoms with E-state index in [1.54, 1.807) is 6.92 Å². The van der Waals surface area contributed by atoms with E-state index < -0.39 is 11.6 Å². The molecular weight excluding hydrogens is 206 g/mol. The number of carbonyl (C=O) groups excluding carboxylic acids is 1. The van der Waals surface area contributed by atoms with Crippen LogP contribution in [-0.2, 0) is 14.3 Å². The summed E-state index contributed by atoms with van der Waals surface area (Å²) in [5.41, 5.74) is -0.512. The number of unbranched alkanes of at least 4 members (excludes halogenated alkanes) is 2. The molecule has 1 heterocycles. The number of nitrogens with zero attached hydrogens (tertiary/aromatic N) is 1. The predicted molar refractivity (Wildman–Crippen MR) is 62.5 cm³/mol. The molecule has 92 valence electrons. The highest BCUT2D eigenvalue weighted by atomic mass is 16.5. The average Bonchev–Trinajstić information content (AvgIpc) is 2.61. The molecule has 0 fully saturated rings. The number of hydrogen-bond donors (Lipinski definition) is 0. The van der Waals surface area contributed by atoms with Gasteiger partial charge in [0, 0.05) is 0 Å². The quantitative estimate of drug-likeness (QED) is 0.517. The summed E-state index contributed by atoms with van der Waals surface area (Å²) < 4.78 is 10.5. The Bertz CT molecular complexity index is 265. The highest BCUT2D eigenvalue weighted by molar-refractivity contribution is 5.80. The Morgan fingerprint density at radius 2 is 2.25 bits per heavy atom. The molecule has 0 bridgehead atoms. The van der Waals surface area contributed by atoms with Gasteiger partial charge >= 0.3 is 5.97 Å². The van der Waals surface area contributed by atoms with Gasteiger partial charge < -0.3 is 9.47 Å². The van der Waals surface area contributed by atoms with Gasteiger partial charge in [-0.25, -0.2) is 9.79 Å². The minimum Gasteiger partial charge on any atom is -0.475 e. The van der Waals surface area contributed by atoms with Crippen molar-refractivity contribution >= 4 is 12.4 Å². The molecule has 16 heavy (non-hydrogen) atoms. The second-order valence-corrected chi connectivity index (χ2v) is 4.30. The maximum Gasteiger partial charge on any atom is 0.335 e. The third-order valence-corrected chi connectivity index (χ3v) is 2.90. The molecule has 4 heteroatoms. The Balaban J connectivity index is 2.54. The maximum absolute atomic E-state index is 11.7. The highest BCUT2D eigenvalue weighted by Crippen LogP contribution is 2.29. The first kappa shape index (κ1) is 13.0. The van der Waals surface area contributed by atoms with E-state index in [-0.39, 0.29) is 5.97 Å². The number of ether oxygens (including phenoxy) is 2. The topological polar surface area (TPSA) is 47.9 Å². The molecule has 0 aromatic carbocycles. The van der Waals surface area contributed by atoms with E-state index in [1.165, 1.54) is 6.40 Å². The fourth-order valence-electron chi connectivity index (χ4n) is 1.89. The summed E-state index contributed by atoms with van der Waals surface area (Å²) >= 11 is 0. The number of carbonyl (C=O) groups is 1. The first-order valence-corrected chi connectivity index (χ1v) is 6.00. The van der Waals surface area contributed by atoms with Gasteiger partial charge in [-0.15, -0.1) is 0 Å². The Labute approximate surface area is 97.0 Å². The maximum atomic E-state index is 11.7. The van der Waals surface area contributed by atoms with Crippen molar-refractivity contribution in [3.8, 4) is 0 Å². The van der Waals surface area contributed by atoms with Crippen LogP contribution in [0.1, 0.15) is 46.5 Å². The van der Waals surface area contributed by atoms with E-state index in [1.807, 2.05) is 6.92 Å². The standard InChI is InChI=1S/C12H21NO3/c1-4-6-7-8-12(3)10(13-9-16-12)11(14)15-5-2/h9-10H,4-8H2,1-3H3. The minimum absolute atomic E-state index is 0.282. The van der Waals surface area contributed by atoms with Gasteiger partial charge in [-0.1, -0.05) is 19.8 Å². The van der Waals surface area contributed by atoms with E-state index in [9.17, 15) is 4.79 Å². The molecule has 1 aliphatic heterocycles. The van der Waals surface area contributed by atoms with Gasteiger partial charge in [0.1, 0.15) is 5.60 Å². The number of esters is 1. The fourth-order valence-corrected chi connectivity index (χ4v) is 1.89. The normalized spacial score (nSPS) is 27.8. The van der Waals surface area contributed by atoms with E-state index in [2.05, 4.69) is 11.9 Å². The second-order valence-electron chi connectivity index (χ2n) is 4.30. The molecule has 0 N–H and O–H groups in total. The lowest BCUT2D eigenvalue weighted by Crippen LogP contribution is -2.42. The van der Waals surface area contributed by atoms with Crippen LogP contribution in [0.15, 0.2) is 4.99 Å². The van der Waals surface area contributed by atoms with Gasteiger partial charge in [-0.05, 0) is 26.7 Å². The van der Waals surface area contributed by atoms with Gasteiger partial charge in [0.2, 0.25) is 0 Å². The first-order chi connectivity index (χ1) is 7.64. The Hall–Kier alpha value is -1.06. The summed E-state index contributed by atoms with van der Waals surface area (Å²) in [7, 11) is 0. The second kappa shape index (κ2) is 5.87. The molecule has 0 radical (unpaired) electrons. The predicted octanol–water partition coefficient (Wildman–Crippen LogP) is 2.32. The molecule has 0 aromatic rings. The van der Waals surface area contributed by atoms with Crippen molar-refractivity contribution in [2.75, 3.05) is 6.61 Å². The third kappa shape index (κ3) is 2.97. The molecule has 0 amide bonds. The zero-order chi connectivity index (χ0) is 12.0. The summed E-state index contributed by atoms with van der Waals surface area (Å²) in [6.07, 6.45) is 5.57. The number of rotatable bonds is 6. The molecule has 1 rings (SSSR count). The summed E-state index contributed by atoms with van der Waals surface area (Å²) in [4.78, 5) is 15.7. The first-order valence-electron chi connectivity index (χ1n) is 6.00. The lowest BCUT2D eigenvalue weighted by Gasteiger charge is -2.27. The molecule has 0 saturated heterocycles. The van der Waals surface area contributed by atoms with E-state index >= 15 is 0 Å². The van der Waals surface area contributed by atoms with Crippen LogP contribution in [0.25, 0.3) is 0 Å². The van der Waals surface area contributed by atoms with Gasteiger partial charge in [-0.3, -0.25) is 0 Å². The van der Waals surface area contributed by atoms with Crippen molar-refractivity contribution in [3.05, 3.63) is 0 Å². The lowest BCUT2D eigenvalue weighted by atomic mass is 9.91. The highest BCUT2D eigenvalue weighted by Gasteiger charge is 2.44. The number of aliphatic imine (C=N–C) groups is 1. The zero-order valence-electron chi connectivity index (χ0n) is 10.4. The van der Waals surface area contributed by atoms with Crippen LogP contribution in [0.4, 0.5) is 0 Å². The van der Waals surface area contributed by atoms with E-state index in [0.29, 0.717) is 6.61 Å². The molecule has 2 atom stereocenters. The summed E-state index contributed by atoms with van der Waals surface area (Å²) in [6.45, 7) is 6.26. The smallest absolute Gasteiger partial charge is 0.335 e. The SMILES string of the molecule is CCCCCC1(C)OC=NC1C(=O)OCC. The molecule has 4 nitrogen and oxygen atoms in total. The van der Waals surface area contributed by atoms with Gasteiger partial charge in [0.05, 0.1) is 6.61 Å². The number of hydrogen-bond acceptors (Lipinski definition) is 4. The van der Waals surface area contributed by atoms with E-state index in [4.69, 9.17) is 9.47 Å². The van der Waals surface area contributed by atoms with Crippen molar-refractivity contribution in [3.63, 3.8) is 0 Å². The van der Waals surface area contributed by atoms with Crippen molar-refractivity contribution < 1.29 is 14.3 Å². The molecule has 2 unspecified atom stereocenters. The van der Waals surface area contributed by atoms with Crippen molar-refractivity contribution in [1.29, 1.82) is 0 Å². The summed E-state index contributed by atoms with van der Waals surface area (Å²) in [5, 5.41) is 0. The van der Waals surface area contributed by atoms with Crippen molar-refractivity contribution in [1.82, 2.24) is 0 Å². The Kier molecular flexibility index (Phi) is 4.77. The zero-order valence-corrected chi connectivity index (χ0v) is 10.4. The van der Waals surface area contributed by atoms with Crippen LogP contribution in [0.3, 0.4) is 0 Å². The van der Waals surface area contributed by atoms with Crippen LogP contribution in [0, 0.1) is 0 Å². The van der Waals surface area contributed by atoms with Gasteiger partial charge in [0.15, 0.2) is 12.4 Å². The Morgan fingerprint density at radius 1 is 1.50 bits per heavy atom. The monoisotopic (exact) mass is 227 g/mol. The third-order valence-electron chi connectivity index (χ3n) is 2.90. The largest absolute Gasteiger partial charge is 0.475 e. The van der Waals surface area contributed by atoms with E-state index in [0.717, 1.165) is 25.7 Å². The molecule has 1 aliphatic rings. The molecule has 0 spiro atoms. The average molecular weight is 227 g/mol. The van der Waals surface area contributed by atoms with Crippen LogP contribution in [-0.4, -0.2) is 30.6 Å². The molecule has 0 aromatic heterocycles. The van der Waals surface area contributed by atoms with Crippen molar-refractivity contribution in [2.24, 2.45) is 4.99 Å².